The first kappa shape index (κ1) is 26.1. The van der Waals surface area contributed by atoms with Crippen molar-refractivity contribution in [3.05, 3.63) is 66.4 Å². The Hall–Kier alpha value is -4.10. The van der Waals surface area contributed by atoms with Crippen LogP contribution in [0.1, 0.15) is 36.4 Å². The average molecular weight is 563 g/mol. The lowest BCUT2D eigenvalue weighted by Crippen LogP contribution is -2.43. The van der Waals surface area contributed by atoms with Crippen LogP contribution in [0.25, 0.3) is 11.2 Å². The summed E-state index contributed by atoms with van der Waals surface area (Å²) in [5.41, 5.74) is 3.39. The summed E-state index contributed by atoms with van der Waals surface area (Å²) in [6, 6.07) is 10.6. The van der Waals surface area contributed by atoms with Gasteiger partial charge >= 0.3 is 5.97 Å². The zero-order valence-electron chi connectivity index (χ0n) is 21.8. The highest BCUT2D eigenvalue weighted by Crippen LogP contribution is 2.32. The van der Waals surface area contributed by atoms with Crippen molar-refractivity contribution >= 4 is 38.8 Å². The Balaban J connectivity index is 1.17. The number of nitrogens with zero attached hydrogens (tertiary/aromatic N) is 6. The van der Waals surface area contributed by atoms with Gasteiger partial charge in [-0.1, -0.05) is 24.3 Å². The number of imidazole rings is 1. The van der Waals surface area contributed by atoms with E-state index in [-0.39, 0.29) is 11.4 Å². The summed E-state index contributed by atoms with van der Waals surface area (Å²) in [7, 11) is -4.03. The molecule has 1 atom stereocenters. The smallest absolute Gasteiger partial charge is 0.323 e. The number of pyridine rings is 1. The van der Waals surface area contributed by atoms with Gasteiger partial charge in [0.15, 0.2) is 17.0 Å². The number of aromatic nitrogens is 5. The third-order valence-electron chi connectivity index (χ3n) is 7.54. The van der Waals surface area contributed by atoms with Gasteiger partial charge in [-0.05, 0) is 49.4 Å². The molecule has 3 N–H and O–H groups in total. The average Bonchev–Trinajstić information content (AvgIpc) is 3.40. The summed E-state index contributed by atoms with van der Waals surface area (Å²) < 4.78 is 29.4. The fourth-order valence-electron chi connectivity index (χ4n) is 5.41. The van der Waals surface area contributed by atoms with E-state index in [1.54, 1.807) is 22.8 Å². The molecule has 2 aliphatic rings. The largest absolute Gasteiger partial charge is 0.480 e. The molecule has 1 fully saturated rings. The lowest BCUT2D eigenvalue weighted by Gasteiger charge is -2.33. The molecule has 3 aromatic heterocycles. The van der Waals surface area contributed by atoms with Crippen molar-refractivity contribution in [1.82, 2.24) is 29.2 Å². The number of carboxylic acids is 1. The first-order chi connectivity index (χ1) is 19.4. The summed E-state index contributed by atoms with van der Waals surface area (Å²) in [5.74, 6) is 0.747. The van der Waals surface area contributed by atoms with Crippen molar-refractivity contribution in [3.8, 4) is 0 Å². The van der Waals surface area contributed by atoms with Crippen molar-refractivity contribution in [2.45, 2.75) is 49.1 Å². The lowest BCUT2D eigenvalue weighted by molar-refractivity contribution is -0.139. The van der Waals surface area contributed by atoms with Gasteiger partial charge in [0, 0.05) is 31.2 Å². The van der Waals surface area contributed by atoms with E-state index < -0.39 is 22.0 Å². The second kappa shape index (κ2) is 10.8. The fourth-order valence-corrected chi connectivity index (χ4v) is 6.61. The van der Waals surface area contributed by atoms with E-state index in [4.69, 9.17) is 4.98 Å². The molecule has 1 saturated heterocycles. The van der Waals surface area contributed by atoms with Crippen LogP contribution in [-0.4, -0.2) is 69.7 Å². The number of benzene rings is 1. The van der Waals surface area contributed by atoms with E-state index in [1.807, 2.05) is 0 Å². The standard InChI is InChI=1S/C27H30N8O4S/c36-27(37)22(33-40(38,39)20-6-2-1-3-7-20)15-35-17-31-23-25(29-16-30-26(23)35)34-13-10-18(11-14-34)21-9-8-19-5-4-12-28-24(19)32-21/h1-3,6-9,16-18,22,33H,4-5,10-15H2,(H,28,32)(H,36,37)/t22-/m0/s1. The van der Waals surface area contributed by atoms with Crippen LogP contribution in [0.5, 0.6) is 0 Å². The van der Waals surface area contributed by atoms with Gasteiger partial charge in [0.05, 0.1) is 17.8 Å². The van der Waals surface area contributed by atoms with Crippen molar-refractivity contribution in [2.75, 3.05) is 29.9 Å². The van der Waals surface area contributed by atoms with Crippen LogP contribution >= 0.6 is 0 Å². The topological polar surface area (TPSA) is 155 Å². The number of anilines is 2. The molecular formula is C27H30N8O4S. The van der Waals surface area contributed by atoms with Gasteiger partial charge in [-0.2, -0.15) is 4.72 Å². The monoisotopic (exact) mass is 562 g/mol. The molecule has 13 heteroatoms. The molecule has 40 heavy (non-hydrogen) atoms. The van der Waals surface area contributed by atoms with Crippen LogP contribution in [0, 0.1) is 0 Å². The number of hydrogen-bond donors (Lipinski definition) is 3. The van der Waals surface area contributed by atoms with Crippen molar-refractivity contribution in [1.29, 1.82) is 0 Å². The highest BCUT2D eigenvalue weighted by Gasteiger charge is 2.28. The first-order valence-corrected chi connectivity index (χ1v) is 14.8. The van der Waals surface area contributed by atoms with Crippen LogP contribution in [0.15, 0.2) is 60.0 Å². The Bertz CT molecular complexity index is 1640. The predicted octanol–water partition coefficient (Wildman–Crippen LogP) is 2.40. The Kier molecular flexibility index (Phi) is 7.07. The van der Waals surface area contributed by atoms with Crippen molar-refractivity contribution < 1.29 is 18.3 Å². The number of nitrogens with one attached hydrogen (secondary N) is 2. The summed E-state index contributed by atoms with van der Waals surface area (Å²) in [4.78, 5) is 32.4. The Morgan fingerprint density at radius 2 is 1.90 bits per heavy atom. The van der Waals surface area contributed by atoms with Crippen molar-refractivity contribution in [2.24, 2.45) is 0 Å². The molecule has 4 aromatic rings. The predicted molar refractivity (Wildman–Crippen MR) is 149 cm³/mol. The quantitative estimate of drug-likeness (QED) is 0.291. The molecule has 2 aliphatic heterocycles. The molecule has 208 valence electrons. The maximum Gasteiger partial charge on any atom is 0.323 e. The van der Waals surface area contributed by atoms with E-state index in [0.29, 0.717) is 22.9 Å². The van der Waals surface area contributed by atoms with Crippen molar-refractivity contribution in [3.63, 3.8) is 0 Å². The number of carbonyl (C=O) groups is 1. The van der Waals surface area contributed by atoms with Crippen LogP contribution in [0.3, 0.4) is 0 Å². The summed E-state index contributed by atoms with van der Waals surface area (Å²) in [5, 5.41) is 13.2. The number of hydrogen-bond acceptors (Lipinski definition) is 9. The molecule has 12 nitrogen and oxygen atoms in total. The molecular weight excluding hydrogens is 532 g/mol. The molecule has 0 spiro atoms. The Labute approximate surface area is 231 Å². The fraction of sp³-hybridized carbons (Fsp3) is 0.370. The number of aliphatic carboxylic acids is 1. The molecule has 0 radical (unpaired) electrons. The van der Waals surface area contributed by atoms with Gasteiger partial charge in [0.2, 0.25) is 10.0 Å². The Morgan fingerprint density at radius 3 is 2.67 bits per heavy atom. The van der Waals surface area contributed by atoms with E-state index in [9.17, 15) is 18.3 Å². The van der Waals surface area contributed by atoms with Gasteiger partial charge in [-0.15, -0.1) is 0 Å². The molecule has 0 unspecified atom stereocenters. The number of piperidine rings is 1. The molecule has 1 aromatic carbocycles. The molecule has 0 amide bonds. The van der Waals surface area contributed by atoms with Gasteiger partial charge < -0.3 is 19.9 Å². The van der Waals surface area contributed by atoms with E-state index >= 15 is 0 Å². The van der Waals surface area contributed by atoms with Gasteiger partial charge in [0.1, 0.15) is 18.2 Å². The highest BCUT2D eigenvalue weighted by atomic mass is 32.2. The number of aryl methyl sites for hydroxylation is 1. The normalized spacial score (nSPS) is 16.9. The number of sulfonamides is 1. The zero-order valence-corrected chi connectivity index (χ0v) is 22.6. The second-order valence-corrected chi connectivity index (χ2v) is 11.8. The lowest BCUT2D eigenvalue weighted by atomic mass is 9.92. The summed E-state index contributed by atoms with van der Waals surface area (Å²) in [6.45, 7) is 2.31. The van der Waals surface area contributed by atoms with E-state index in [0.717, 1.165) is 56.8 Å². The summed E-state index contributed by atoms with van der Waals surface area (Å²) in [6.07, 6.45) is 6.95. The van der Waals surface area contributed by atoms with Gasteiger partial charge in [0.25, 0.3) is 0 Å². The maximum absolute atomic E-state index is 12.8. The molecule has 0 bridgehead atoms. The first-order valence-electron chi connectivity index (χ1n) is 13.3. The van der Waals surface area contributed by atoms with E-state index in [2.05, 4.69) is 42.0 Å². The molecule has 0 aliphatic carbocycles. The van der Waals surface area contributed by atoms with E-state index in [1.165, 1.54) is 30.4 Å². The molecule has 0 saturated carbocycles. The van der Waals surface area contributed by atoms with Gasteiger partial charge in [-0.3, -0.25) is 4.79 Å². The second-order valence-electron chi connectivity index (χ2n) is 10.1. The minimum atomic E-state index is -4.03. The van der Waals surface area contributed by atoms with Crippen LogP contribution in [-0.2, 0) is 27.8 Å². The number of carboxylic acid groups (broad SMARTS) is 1. The Morgan fingerprint density at radius 1 is 1.10 bits per heavy atom. The zero-order chi connectivity index (χ0) is 27.7. The van der Waals surface area contributed by atoms with Gasteiger partial charge in [-0.25, -0.2) is 28.4 Å². The number of fused-ring (bicyclic) bond motifs is 2. The van der Waals surface area contributed by atoms with Crippen LogP contribution in [0.2, 0.25) is 0 Å². The number of rotatable bonds is 8. The third-order valence-corrected chi connectivity index (χ3v) is 9.03. The minimum Gasteiger partial charge on any atom is -0.480 e. The summed E-state index contributed by atoms with van der Waals surface area (Å²) >= 11 is 0. The van der Waals surface area contributed by atoms with Crippen LogP contribution < -0.4 is 14.9 Å². The highest BCUT2D eigenvalue weighted by molar-refractivity contribution is 7.89. The van der Waals surface area contributed by atoms with Crippen LogP contribution in [0.4, 0.5) is 11.6 Å². The minimum absolute atomic E-state index is 0.00777. The maximum atomic E-state index is 12.8. The molecule has 6 rings (SSSR count). The molecule has 5 heterocycles. The third kappa shape index (κ3) is 5.21. The SMILES string of the molecule is O=C(O)[C@H](Cn1cnc2c(N3CCC(c4ccc5c(n4)NCCC5)CC3)ncnc21)NS(=O)(=O)c1ccccc1.